The van der Waals surface area contributed by atoms with Crippen molar-refractivity contribution in [3.8, 4) is 0 Å². The van der Waals surface area contributed by atoms with Crippen LogP contribution in [-0.2, 0) is 6.54 Å². The first-order valence-corrected chi connectivity index (χ1v) is 3.94. The van der Waals surface area contributed by atoms with Crippen molar-refractivity contribution in [2.75, 3.05) is 13.2 Å². The largest absolute Gasteiger partial charge is 0.395 e. The SMILES string of the molecule is OCC(CO)NCc1ccc[nH]1. The number of aliphatic hydroxyl groups excluding tert-OH is 2. The maximum absolute atomic E-state index is 8.72. The average molecular weight is 170 g/mol. The van der Waals surface area contributed by atoms with Crippen molar-refractivity contribution in [1.82, 2.24) is 10.3 Å². The Hall–Kier alpha value is -0.840. The Morgan fingerprint density at radius 1 is 1.42 bits per heavy atom. The van der Waals surface area contributed by atoms with Gasteiger partial charge < -0.3 is 20.5 Å². The third-order valence-electron chi connectivity index (χ3n) is 1.68. The fourth-order valence-corrected chi connectivity index (χ4v) is 0.919. The predicted molar refractivity (Wildman–Crippen MR) is 45.6 cm³/mol. The molecule has 1 aromatic rings. The van der Waals surface area contributed by atoms with Gasteiger partial charge in [-0.2, -0.15) is 0 Å². The van der Waals surface area contributed by atoms with Gasteiger partial charge in [-0.05, 0) is 12.1 Å². The van der Waals surface area contributed by atoms with Gasteiger partial charge in [-0.15, -0.1) is 0 Å². The van der Waals surface area contributed by atoms with Gasteiger partial charge in [-0.25, -0.2) is 0 Å². The molecule has 1 heterocycles. The molecule has 0 spiro atoms. The lowest BCUT2D eigenvalue weighted by Crippen LogP contribution is -2.35. The van der Waals surface area contributed by atoms with Crippen LogP contribution in [0.2, 0.25) is 0 Å². The molecular weight excluding hydrogens is 156 g/mol. The Balaban J connectivity index is 2.25. The maximum atomic E-state index is 8.72. The Morgan fingerprint density at radius 3 is 2.67 bits per heavy atom. The van der Waals surface area contributed by atoms with Crippen LogP contribution in [-0.4, -0.2) is 34.5 Å². The van der Waals surface area contributed by atoms with E-state index in [1.807, 2.05) is 18.3 Å². The van der Waals surface area contributed by atoms with E-state index in [0.717, 1.165) is 5.69 Å². The number of aromatic amines is 1. The zero-order valence-corrected chi connectivity index (χ0v) is 6.83. The molecule has 0 atom stereocenters. The lowest BCUT2D eigenvalue weighted by atomic mass is 10.3. The number of aromatic nitrogens is 1. The fraction of sp³-hybridized carbons (Fsp3) is 0.500. The second kappa shape index (κ2) is 4.92. The highest BCUT2D eigenvalue weighted by Crippen LogP contribution is 1.93. The highest BCUT2D eigenvalue weighted by molar-refractivity contribution is 5.03. The number of hydrogen-bond acceptors (Lipinski definition) is 3. The second-order valence-corrected chi connectivity index (χ2v) is 2.64. The molecule has 0 amide bonds. The number of H-pyrrole nitrogens is 1. The first-order valence-electron chi connectivity index (χ1n) is 3.94. The standard InChI is InChI=1S/C8H14N2O2/c11-5-8(6-12)10-4-7-2-1-3-9-7/h1-3,8-12H,4-6H2. The van der Waals surface area contributed by atoms with Crippen molar-refractivity contribution < 1.29 is 10.2 Å². The van der Waals surface area contributed by atoms with Crippen LogP contribution in [0.15, 0.2) is 18.3 Å². The molecule has 0 radical (unpaired) electrons. The van der Waals surface area contributed by atoms with E-state index >= 15 is 0 Å². The van der Waals surface area contributed by atoms with Crippen LogP contribution >= 0.6 is 0 Å². The summed E-state index contributed by atoms with van der Waals surface area (Å²) in [6, 6.07) is 3.62. The summed E-state index contributed by atoms with van der Waals surface area (Å²) in [5, 5.41) is 20.4. The maximum Gasteiger partial charge on any atom is 0.0607 e. The molecule has 4 heteroatoms. The van der Waals surface area contributed by atoms with Crippen molar-refractivity contribution in [2.24, 2.45) is 0 Å². The van der Waals surface area contributed by atoms with Crippen LogP contribution in [0.4, 0.5) is 0 Å². The number of rotatable bonds is 5. The fourth-order valence-electron chi connectivity index (χ4n) is 0.919. The number of hydrogen-bond donors (Lipinski definition) is 4. The lowest BCUT2D eigenvalue weighted by Gasteiger charge is -2.11. The molecule has 1 rings (SSSR count). The first-order chi connectivity index (χ1) is 5.86. The molecule has 68 valence electrons. The van der Waals surface area contributed by atoms with E-state index in [1.54, 1.807) is 0 Å². The second-order valence-electron chi connectivity index (χ2n) is 2.64. The van der Waals surface area contributed by atoms with E-state index in [2.05, 4.69) is 10.3 Å². The van der Waals surface area contributed by atoms with E-state index in [-0.39, 0.29) is 19.3 Å². The summed E-state index contributed by atoms with van der Waals surface area (Å²) in [5.41, 5.74) is 1.04. The minimum Gasteiger partial charge on any atom is -0.395 e. The summed E-state index contributed by atoms with van der Waals surface area (Å²) in [5.74, 6) is 0. The van der Waals surface area contributed by atoms with Crippen LogP contribution in [0.25, 0.3) is 0 Å². The summed E-state index contributed by atoms with van der Waals surface area (Å²) in [4.78, 5) is 3.01. The quantitative estimate of drug-likeness (QED) is 0.479. The topological polar surface area (TPSA) is 68.3 Å². The Kier molecular flexibility index (Phi) is 3.79. The molecule has 0 aliphatic carbocycles. The predicted octanol–water partition coefficient (Wildman–Crippen LogP) is -0.543. The molecule has 0 saturated carbocycles. The van der Waals surface area contributed by atoms with Crippen LogP contribution < -0.4 is 5.32 Å². The van der Waals surface area contributed by atoms with Crippen molar-refractivity contribution in [2.45, 2.75) is 12.6 Å². The minimum atomic E-state index is -0.228. The van der Waals surface area contributed by atoms with Gasteiger partial charge in [0.15, 0.2) is 0 Å². The van der Waals surface area contributed by atoms with Crippen LogP contribution in [0.1, 0.15) is 5.69 Å². The van der Waals surface area contributed by atoms with Crippen LogP contribution in [0.3, 0.4) is 0 Å². The minimum absolute atomic E-state index is 0.0444. The van der Waals surface area contributed by atoms with Gasteiger partial charge >= 0.3 is 0 Å². The molecule has 0 bridgehead atoms. The summed E-state index contributed by atoms with van der Waals surface area (Å²) >= 11 is 0. The molecule has 0 aliphatic heterocycles. The van der Waals surface area contributed by atoms with Gasteiger partial charge in [-0.1, -0.05) is 0 Å². The van der Waals surface area contributed by atoms with Gasteiger partial charge in [0.2, 0.25) is 0 Å². The van der Waals surface area contributed by atoms with E-state index in [1.165, 1.54) is 0 Å². The third kappa shape index (κ3) is 2.65. The molecule has 0 saturated heterocycles. The van der Waals surface area contributed by atoms with Crippen molar-refractivity contribution in [3.63, 3.8) is 0 Å². The van der Waals surface area contributed by atoms with Crippen molar-refractivity contribution >= 4 is 0 Å². The zero-order chi connectivity index (χ0) is 8.81. The molecule has 4 N–H and O–H groups in total. The summed E-state index contributed by atoms with van der Waals surface area (Å²) < 4.78 is 0. The van der Waals surface area contributed by atoms with Gasteiger partial charge in [0.1, 0.15) is 0 Å². The number of nitrogens with one attached hydrogen (secondary N) is 2. The van der Waals surface area contributed by atoms with Crippen molar-refractivity contribution in [1.29, 1.82) is 0 Å². The van der Waals surface area contributed by atoms with Crippen LogP contribution in [0.5, 0.6) is 0 Å². The van der Waals surface area contributed by atoms with Gasteiger partial charge in [0, 0.05) is 18.4 Å². The van der Waals surface area contributed by atoms with Crippen LogP contribution in [0, 0.1) is 0 Å². The summed E-state index contributed by atoms with van der Waals surface area (Å²) in [6.07, 6.45) is 1.84. The molecular formula is C8H14N2O2. The average Bonchev–Trinajstić information content (AvgIpc) is 2.59. The van der Waals surface area contributed by atoms with E-state index in [0.29, 0.717) is 6.54 Å². The zero-order valence-electron chi connectivity index (χ0n) is 6.83. The molecule has 0 aromatic carbocycles. The normalized spacial score (nSPS) is 10.9. The number of aliphatic hydroxyl groups is 2. The molecule has 0 aliphatic rings. The Bertz CT molecular complexity index is 195. The molecule has 0 unspecified atom stereocenters. The smallest absolute Gasteiger partial charge is 0.0607 e. The van der Waals surface area contributed by atoms with E-state index < -0.39 is 0 Å². The van der Waals surface area contributed by atoms with E-state index in [4.69, 9.17) is 10.2 Å². The first kappa shape index (κ1) is 9.25. The lowest BCUT2D eigenvalue weighted by molar-refractivity contribution is 0.170. The Labute approximate surface area is 71.2 Å². The molecule has 0 fully saturated rings. The monoisotopic (exact) mass is 170 g/mol. The van der Waals surface area contributed by atoms with Gasteiger partial charge in [0.05, 0.1) is 19.3 Å². The van der Waals surface area contributed by atoms with E-state index in [9.17, 15) is 0 Å². The summed E-state index contributed by atoms with van der Waals surface area (Å²) in [7, 11) is 0. The molecule has 12 heavy (non-hydrogen) atoms. The highest BCUT2D eigenvalue weighted by Gasteiger charge is 2.03. The van der Waals surface area contributed by atoms with Gasteiger partial charge in [0.25, 0.3) is 0 Å². The Morgan fingerprint density at radius 2 is 2.17 bits per heavy atom. The molecule has 4 nitrogen and oxygen atoms in total. The third-order valence-corrected chi connectivity index (χ3v) is 1.68. The van der Waals surface area contributed by atoms with Crippen molar-refractivity contribution in [3.05, 3.63) is 24.0 Å². The van der Waals surface area contributed by atoms with Gasteiger partial charge in [-0.3, -0.25) is 0 Å². The summed E-state index contributed by atoms with van der Waals surface area (Å²) in [6.45, 7) is 0.549. The highest BCUT2D eigenvalue weighted by atomic mass is 16.3. The molecule has 1 aromatic heterocycles.